The summed E-state index contributed by atoms with van der Waals surface area (Å²) < 4.78 is 3.59. The fourth-order valence-electron chi connectivity index (χ4n) is 7.60. The number of piperidine rings is 1. The Morgan fingerprint density at radius 1 is 1.06 bits per heavy atom. The van der Waals surface area contributed by atoms with Gasteiger partial charge in [-0.25, -0.2) is 4.79 Å². The molecule has 4 atom stereocenters. The maximum absolute atomic E-state index is 13.3. The summed E-state index contributed by atoms with van der Waals surface area (Å²) in [6.07, 6.45) is 8.48. The number of hydrogen-bond acceptors (Lipinski definition) is 4. The first kappa shape index (κ1) is 20.0. The monoisotopic (exact) mass is 425 g/mol. The van der Waals surface area contributed by atoms with E-state index in [1.165, 1.54) is 38.6 Å². The van der Waals surface area contributed by atoms with Crippen LogP contribution in [0, 0.1) is 23.2 Å². The molecule has 2 N–H and O–H groups in total. The molecule has 168 valence electrons. The van der Waals surface area contributed by atoms with Gasteiger partial charge in [-0.1, -0.05) is 12.1 Å². The quantitative estimate of drug-likeness (QED) is 0.747. The third-order valence-corrected chi connectivity index (χ3v) is 9.27. The number of fused-ring (bicyclic) bond motifs is 4. The van der Waals surface area contributed by atoms with Gasteiger partial charge in [-0.3, -0.25) is 9.13 Å². The van der Waals surface area contributed by atoms with Gasteiger partial charge in [0.2, 0.25) is 0 Å². The highest BCUT2D eigenvalue weighted by molar-refractivity contribution is 5.76. The molecule has 4 fully saturated rings. The van der Waals surface area contributed by atoms with Gasteiger partial charge in [0.05, 0.1) is 30.3 Å². The van der Waals surface area contributed by atoms with Crippen LogP contribution in [0.3, 0.4) is 0 Å². The van der Waals surface area contributed by atoms with Crippen LogP contribution in [0.25, 0.3) is 11.0 Å². The number of nitrogens with zero attached hydrogens (tertiary/aromatic N) is 3. The zero-order chi connectivity index (χ0) is 21.2. The summed E-state index contributed by atoms with van der Waals surface area (Å²) in [5.74, 6) is 2.93. The van der Waals surface area contributed by atoms with Crippen LogP contribution in [0.5, 0.6) is 0 Å². The van der Waals surface area contributed by atoms with Crippen LogP contribution in [-0.4, -0.2) is 56.6 Å². The molecular weight excluding hydrogens is 390 g/mol. The normalized spacial score (nSPS) is 31.1. The molecule has 0 unspecified atom stereocenters. The van der Waals surface area contributed by atoms with E-state index in [2.05, 4.69) is 4.90 Å². The van der Waals surface area contributed by atoms with E-state index in [0.717, 1.165) is 60.1 Å². The van der Waals surface area contributed by atoms with Crippen molar-refractivity contribution in [2.45, 2.75) is 63.6 Å². The van der Waals surface area contributed by atoms with Crippen molar-refractivity contribution in [3.8, 4) is 0 Å². The summed E-state index contributed by atoms with van der Waals surface area (Å²) in [5.41, 5.74) is 2.45. The summed E-state index contributed by atoms with van der Waals surface area (Å²) in [6, 6.07) is 8.06. The van der Waals surface area contributed by atoms with E-state index in [1.54, 1.807) is 4.57 Å². The molecule has 2 bridgehead atoms. The Morgan fingerprint density at radius 2 is 1.81 bits per heavy atom. The van der Waals surface area contributed by atoms with Crippen LogP contribution >= 0.6 is 0 Å². The number of rotatable bonds is 6. The molecule has 3 aliphatic carbocycles. The number of benzene rings is 1. The number of para-hydroxylation sites is 2. The average Bonchev–Trinajstić information content (AvgIpc) is 3.21. The number of hydrogen-bond donors (Lipinski definition) is 2. The fourth-order valence-corrected chi connectivity index (χ4v) is 7.60. The van der Waals surface area contributed by atoms with E-state index in [9.17, 15) is 15.0 Å². The van der Waals surface area contributed by atoms with Crippen molar-refractivity contribution >= 4 is 11.0 Å². The first-order valence-electron chi connectivity index (χ1n) is 12.3. The van der Waals surface area contributed by atoms with E-state index in [4.69, 9.17) is 0 Å². The van der Waals surface area contributed by atoms with Crippen molar-refractivity contribution in [3.05, 3.63) is 34.7 Å². The lowest BCUT2D eigenvalue weighted by molar-refractivity contribution is 0.0806. The number of imidazole rings is 1. The Morgan fingerprint density at radius 3 is 2.52 bits per heavy atom. The van der Waals surface area contributed by atoms with Crippen molar-refractivity contribution in [3.63, 3.8) is 0 Å². The van der Waals surface area contributed by atoms with Gasteiger partial charge < -0.3 is 15.1 Å². The second kappa shape index (κ2) is 7.46. The number of aliphatic hydroxyl groups is 2. The van der Waals surface area contributed by atoms with Gasteiger partial charge in [-0.2, -0.15) is 0 Å². The molecule has 1 aliphatic heterocycles. The minimum absolute atomic E-state index is 0.0582. The first-order chi connectivity index (χ1) is 15.1. The molecule has 31 heavy (non-hydrogen) atoms. The molecular formula is C25H35N3O3. The van der Waals surface area contributed by atoms with E-state index < -0.39 is 6.10 Å². The molecule has 1 spiro atoms. The van der Waals surface area contributed by atoms with Crippen LogP contribution in [0.1, 0.15) is 51.0 Å². The molecule has 0 radical (unpaired) electrons. The fraction of sp³-hybridized carbons (Fsp3) is 0.720. The van der Waals surface area contributed by atoms with Crippen molar-refractivity contribution in [2.75, 3.05) is 26.2 Å². The van der Waals surface area contributed by atoms with Crippen molar-refractivity contribution in [2.24, 2.45) is 23.2 Å². The van der Waals surface area contributed by atoms with Crippen LogP contribution < -0.4 is 5.69 Å². The Bertz CT molecular complexity index is 1010. The molecule has 1 aromatic heterocycles. The second-order valence-corrected chi connectivity index (χ2v) is 10.7. The zero-order valence-corrected chi connectivity index (χ0v) is 18.3. The molecule has 6 rings (SSSR count). The van der Waals surface area contributed by atoms with E-state index in [-0.39, 0.29) is 24.9 Å². The highest BCUT2D eigenvalue weighted by atomic mass is 16.3. The molecule has 2 aromatic rings. The lowest BCUT2D eigenvalue weighted by Crippen LogP contribution is -2.42. The Kier molecular flexibility index (Phi) is 4.82. The summed E-state index contributed by atoms with van der Waals surface area (Å²) >= 11 is 0. The predicted molar refractivity (Wildman–Crippen MR) is 120 cm³/mol. The van der Waals surface area contributed by atoms with Gasteiger partial charge in [0, 0.05) is 25.7 Å². The van der Waals surface area contributed by atoms with Gasteiger partial charge in [0.25, 0.3) is 0 Å². The van der Waals surface area contributed by atoms with Crippen LogP contribution in [0.2, 0.25) is 0 Å². The predicted octanol–water partition coefficient (Wildman–Crippen LogP) is 2.62. The van der Waals surface area contributed by atoms with Crippen LogP contribution in [0.4, 0.5) is 0 Å². The standard InChI is InChI=1S/C25H35N3O3/c29-16-20(30)14-27-22-3-1-2-4-23(22)28(24(27)31)19-7-11-26(12-8-19)15-21-17-5-6-18(13-17)25(21)9-10-25/h1-4,17-21,29-30H,5-16H2/t17-,18-,20-,21-/m0/s1. The van der Waals surface area contributed by atoms with Gasteiger partial charge in [0.1, 0.15) is 0 Å². The lowest BCUT2D eigenvalue weighted by Gasteiger charge is -2.39. The summed E-state index contributed by atoms with van der Waals surface area (Å²) in [7, 11) is 0. The summed E-state index contributed by atoms with van der Waals surface area (Å²) in [5, 5.41) is 19.2. The molecule has 1 aromatic carbocycles. The number of aliphatic hydroxyl groups excluding tert-OH is 2. The van der Waals surface area contributed by atoms with Gasteiger partial charge >= 0.3 is 5.69 Å². The third kappa shape index (κ3) is 3.13. The minimum Gasteiger partial charge on any atom is -0.394 e. The van der Waals surface area contributed by atoms with Gasteiger partial charge in [-0.05, 0) is 80.2 Å². The second-order valence-electron chi connectivity index (χ2n) is 10.7. The highest BCUT2D eigenvalue weighted by Crippen LogP contribution is 2.71. The van der Waals surface area contributed by atoms with Crippen molar-refractivity contribution in [1.29, 1.82) is 0 Å². The SMILES string of the molecule is O=c1n(C[C@H](O)CO)c2ccccc2n1C1CCN(C[C@H]2[C@H]3CC[C@@H](C3)C23CC3)CC1. The smallest absolute Gasteiger partial charge is 0.329 e. The largest absolute Gasteiger partial charge is 0.394 e. The van der Waals surface area contributed by atoms with E-state index in [1.807, 2.05) is 28.8 Å². The Balaban J connectivity index is 1.19. The van der Waals surface area contributed by atoms with Crippen molar-refractivity contribution in [1.82, 2.24) is 14.0 Å². The van der Waals surface area contributed by atoms with E-state index >= 15 is 0 Å². The Hall–Kier alpha value is -1.63. The maximum Gasteiger partial charge on any atom is 0.329 e. The molecule has 6 heteroatoms. The molecule has 0 amide bonds. The summed E-state index contributed by atoms with van der Waals surface area (Å²) in [6.45, 7) is 3.20. The third-order valence-electron chi connectivity index (χ3n) is 9.27. The average molecular weight is 426 g/mol. The van der Waals surface area contributed by atoms with E-state index in [0.29, 0.717) is 0 Å². The summed E-state index contributed by atoms with van der Waals surface area (Å²) in [4.78, 5) is 16.0. The number of likely N-dealkylation sites (tertiary alicyclic amines) is 1. The van der Waals surface area contributed by atoms with Crippen molar-refractivity contribution < 1.29 is 10.2 Å². The molecule has 1 saturated heterocycles. The lowest BCUT2D eigenvalue weighted by atomic mass is 9.76. The molecule has 2 heterocycles. The van der Waals surface area contributed by atoms with Gasteiger partial charge in [0.15, 0.2) is 0 Å². The maximum atomic E-state index is 13.3. The number of aromatic nitrogens is 2. The van der Waals surface area contributed by atoms with Crippen LogP contribution in [-0.2, 0) is 6.54 Å². The van der Waals surface area contributed by atoms with Crippen LogP contribution in [0.15, 0.2) is 29.1 Å². The van der Waals surface area contributed by atoms with Gasteiger partial charge in [-0.15, -0.1) is 0 Å². The first-order valence-corrected chi connectivity index (χ1v) is 12.3. The topological polar surface area (TPSA) is 70.6 Å². The highest BCUT2D eigenvalue weighted by Gasteiger charge is 2.63. The molecule has 6 nitrogen and oxygen atoms in total. The molecule has 4 aliphatic rings. The minimum atomic E-state index is -0.921. The Labute approximate surface area is 183 Å². The molecule has 3 saturated carbocycles. The zero-order valence-electron chi connectivity index (χ0n) is 18.3.